The molecule has 0 bridgehead atoms. The normalized spacial score (nSPS) is 10.2. The third kappa shape index (κ3) is 3.07. The number of benzene rings is 1. The quantitative estimate of drug-likeness (QED) is 0.847. The van der Waals surface area contributed by atoms with Crippen LogP contribution in [-0.2, 0) is 11.3 Å². The fraction of sp³-hybridized carbons (Fsp3) is 0.167. The number of hydrogen-bond donors (Lipinski definition) is 1. The van der Waals surface area contributed by atoms with Gasteiger partial charge in [0.2, 0.25) is 5.91 Å². The van der Waals surface area contributed by atoms with Crippen LogP contribution in [0.3, 0.4) is 0 Å². The van der Waals surface area contributed by atoms with E-state index in [1.807, 2.05) is 30.3 Å². The third-order valence-corrected chi connectivity index (χ3v) is 2.45. The summed E-state index contributed by atoms with van der Waals surface area (Å²) in [4.78, 5) is 11.0. The van der Waals surface area contributed by atoms with Gasteiger partial charge in [-0.1, -0.05) is 35.5 Å². The van der Waals surface area contributed by atoms with Crippen LogP contribution in [0.1, 0.15) is 5.69 Å². The number of rotatable bonds is 4. The van der Waals surface area contributed by atoms with E-state index in [0.717, 1.165) is 5.56 Å². The first-order valence-corrected chi connectivity index (χ1v) is 5.66. The van der Waals surface area contributed by atoms with Gasteiger partial charge in [0.05, 0.1) is 6.54 Å². The molecule has 4 nitrogen and oxygen atoms in total. The molecule has 17 heavy (non-hydrogen) atoms. The third-order valence-electron chi connectivity index (χ3n) is 2.21. The van der Waals surface area contributed by atoms with Crippen LogP contribution >= 0.6 is 11.6 Å². The molecule has 0 fully saturated rings. The first-order valence-electron chi connectivity index (χ1n) is 5.13. The van der Waals surface area contributed by atoms with Crippen molar-refractivity contribution in [3.63, 3.8) is 0 Å². The minimum atomic E-state index is -0.226. The number of hydrogen-bond acceptors (Lipinski definition) is 3. The zero-order valence-electron chi connectivity index (χ0n) is 9.02. The Kier molecular flexibility index (Phi) is 3.77. The molecule has 0 atom stereocenters. The van der Waals surface area contributed by atoms with Gasteiger partial charge in [0, 0.05) is 11.6 Å². The number of carbonyl (C=O) groups is 1. The summed E-state index contributed by atoms with van der Waals surface area (Å²) in [5.74, 6) is 0.403. The Labute approximate surface area is 104 Å². The Bertz CT molecular complexity index is 496. The number of nitrogens with one attached hydrogen (secondary N) is 1. The monoisotopic (exact) mass is 250 g/mol. The van der Waals surface area contributed by atoms with E-state index >= 15 is 0 Å². The number of alkyl halides is 1. The largest absolute Gasteiger partial charge is 0.356 e. The van der Waals surface area contributed by atoms with E-state index in [2.05, 4.69) is 10.5 Å². The van der Waals surface area contributed by atoms with E-state index in [0.29, 0.717) is 18.0 Å². The second-order valence-electron chi connectivity index (χ2n) is 3.46. The van der Waals surface area contributed by atoms with Crippen LogP contribution in [0.15, 0.2) is 40.9 Å². The van der Waals surface area contributed by atoms with Crippen LogP contribution in [0.2, 0.25) is 0 Å². The van der Waals surface area contributed by atoms with E-state index in [1.54, 1.807) is 6.07 Å². The summed E-state index contributed by atoms with van der Waals surface area (Å²) < 4.78 is 5.18. The minimum Gasteiger partial charge on any atom is -0.356 e. The first-order chi connectivity index (χ1) is 8.29. The standard InChI is InChI=1S/C12H11ClN2O2/c13-7-12(16)14-8-10-6-11(17-15-10)9-4-2-1-3-5-9/h1-6H,7-8H2,(H,14,16). The fourth-order valence-corrected chi connectivity index (χ4v) is 1.46. The van der Waals surface area contributed by atoms with Gasteiger partial charge in [-0.05, 0) is 0 Å². The SMILES string of the molecule is O=C(CCl)NCc1cc(-c2ccccc2)on1. The second-order valence-corrected chi connectivity index (χ2v) is 3.73. The van der Waals surface area contributed by atoms with E-state index in [1.165, 1.54) is 0 Å². The average molecular weight is 251 g/mol. The van der Waals surface area contributed by atoms with Crippen LogP contribution < -0.4 is 5.32 Å². The maximum absolute atomic E-state index is 11.0. The van der Waals surface area contributed by atoms with Gasteiger partial charge in [-0.15, -0.1) is 11.6 Å². The van der Waals surface area contributed by atoms with Gasteiger partial charge in [0.1, 0.15) is 11.6 Å². The minimum absolute atomic E-state index is 0.0522. The molecule has 2 aromatic rings. The maximum atomic E-state index is 11.0. The maximum Gasteiger partial charge on any atom is 0.235 e. The van der Waals surface area contributed by atoms with Gasteiger partial charge < -0.3 is 9.84 Å². The van der Waals surface area contributed by atoms with Crippen LogP contribution in [0.5, 0.6) is 0 Å². The van der Waals surface area contributed by atoms with Gasteiger partial charge in [0.25, 0.3) is 0 Å². The van der Waals surface area contributed by atoms with Crippen molar-refractivity contribution < 1.29 is 9.32 Å². The summed E-state index contributed by atoms with van der Waals surface area (Å²) in [7, 11) is 0. The molecular formula is C12H11ClN2O2. The highest BCUT2D eigenvalue weighted by atomic mass is 35.5. The predicted molar refractivity (Wildman–Crippen MR) is 64.5 cm³/mol. The van der Waals surface area contributed by atoms with Crippen LogP contribution in [0, 0.1) is 0 Å². The molecule has 1 aromatic heterocycles. The first kappa shape index (κ1) is 11.7. The molecule has 1 amide bonds. The summed E-state index contributed by atoms with van der Waals surface area (Å²) in [6.07, 6.45) is 0. The number of nitrogens with zero attached hydrogens (tertiary/aromatic N) is 1. The van der Waals surface area contributed by atoms with E-state index < -0.39 is 0 Å². The molecule has 0 aliphatic carbocycles. The molecule has 88 valence electrons. The molecule has 0 aliphatic heterocycles. The Balaban J connectivity index is 2.04. The average Bonchev–Trinajstić information content (AvgIpc) is 2.86. The molecule has 2 rings (SSSR count). The van der Waals surface area contributed by atoms with Crippen LogP contribution in [0.25, 0.3) is 11.3 Å². The number of carbonyl (C=O) groups excluding carboxylic acids is 1. The summed E-state index contributed by atoms with van der Waals surface area (Å²) in [5, 5.41) is 6.49. The predicted octanol–water partition coefficient (Wildman–Crippen LogP) is 2.20. The number of amides is 1. The molecule has 5 heteroatoms. The lowest BCUT2D eigenvalue weighted by Gasteiger charge is -1.97. The molecule has 0 spiro atoms. The van der Waals surface area contributed by atoms with Gasteiger partial charge >= 0.3 is 0 Å². The van der Waals surface area contributed by atoms with Crippen molar-refractivity contribution in [3.8, 4) is 11.3 Å². The van der Waals surface area contributed by atoms with Crippen molar-refractivity contribution in [2.75, 3.05) is 5.88 Å². The topological polar surface area (TPSA) is 55.1 Å². The highest BCUT2D eigenvalue weighted by Crippen LogP contribution is 2.19. The highest BCUT2D eigenvalue weighted by Gasteiger charge is 2.07. The molecule has 1 heterocycles. The number of aromatic nitrogens is 1. The molecule has 0 aliphatic rings. The van der Waals surface area contributed by atoms with Gasteiger partial charge in [-0.2, -0.15) is 0 Å². The molecule has 0 saturated carbocycles. The van der Waals surface area contributed by atoms with Gasteiger partial charge in [-0.25, -0.2) is 0 Å². The van der Waals surface area contributed by atoms with Crippen molar-refractivity contribution in [1.82, 2.24) is 10.5 Å². The highest BCUT2D eigenvalue weighted by molar-refractivity contribution is 6.27. The van der Waals surface area contributed by atoms with E-state index in [9.17, 15) is 4.79 Å². The fourth-order valence-electron chi connectivity index (χ4n) is 1.37. The Morgan fingerprint density at radius 1 is 1.35 bits per heavy atom. The summed E-state index contributed by atoms with van der Waals surface area (Å²) in [6.45, 7) is 0.321. The Hall–Kier alpha value is -1.81. The smallest absolute Gasteiger partial charge is 0.235 e. The Morgan fingerprint density at radius 2 is 2.12 bits per heavy atom. The van der Waals surface area contributed by atoms with Crippen molar-refractivity contribution in [3.05, 3.63) is 42.1 Å². The molecule has 0 radical (unpaired) electrons. The molecule has 0 unspecified atom stereocenters. The summed E-state index contributed by atoms with van der Waals surface area (Å²) in [6, 6.07) is 11.4. The second kappa shape index (κ2) is 5.50. The molecule has 1 aromatic carbocycles. The Morgan fingerprint density at radius 3 is 2.82 bits per heavy atom. The lowest BCUT2D eigenvalue weighted by atomic mass is 10.2. The van der Waals surface area contributed by atoms with Crippen LogP contribution in [0.4, 0.5) is 0 Å². The van der Waals surface area contributed by atoms with Crippen molar-refractivity contribution in [2.24, 2.45) is 0 Å². The van der Waals surface area contributed by atoms with E-state index in [-0.39, 0.29) is 11.8 Å². The molecular weight excluding hydrogens is 240 g/mol. The van der Waals surface area contributed by atoms with Gasteiger partial charge in [0.15, 0.2) is 5.76 Å². The number of halogens is 1. The summed E-state index contributed by atoms with van der Waals surface area (Å²) >= 11 is 5.36. The zero-order valence-corrected chi connectivity index (χ0v) is 9.78. The lowest BCUT2D eigenvalue weighted by molar-refractivity contribution is -0.118. The van der Waals surface area contributed by atoms with Gasteiger partial charge in [-0.3, -0.25) is 4.79 Å². The zero-order chi connectivity index (χ0) is 12.1. The van der Waals surface area contributed by atoms with Crippen molar-refractivity contribution >= 4 is 17.5 Å². The molecule has 1 N–H and O–H groups in total. The summed E-state index contributed by atoms with van der Waals surface area (Å²) in [5.41, 5.74) is 1.62. The molecule has 0 saturated heterocycles. The van der Waals surface area contributed by atoms with Crippen LogP contribution in [-0.4, -0.2) is 16.9 Å². The van der Waals surface area contributed by atoms with Crippen molar-refractivity contribution in [1.29, 1.82) is 0 Å². The van der Waals surface area contributed by atoms with E-state index in [4.69, 9.17) is 16.1 Å². The lowest BCUT2D eigenvalue weighted by Crippen LogP contribution is -2.23. The van der Waals surface area contributed by atoms with Crippen molar-refractivity contribution in [2.45, 2.75) is 6.54 Å².